The first-order chi connectivity index (χ1) is 15.5. The Morgan fingerprint density at radius 3 is 2.72 bits per heavy atom. The summed E-state index contributed by atoms with van der Waals surface area (Å²) in [4.78, 5) is 16.6. The quantitative estimate of drug-likeness (QED) is 0.335. The maximum Gasteiger partial charge on any atom is 0.250 e. The van der Waals surface area contributed by atoms with E-state index in [-0.39, 0.29) is 5.91 Å². The standard InChI is InChI=1S/C25H24N2O4S/c1-5-30-18-8-6-17(7-9-18)21-14-31-24-16(3)23(29-4)19(13-20(21)24)15(2)12-22(28)27-25-26-10-11-32-25/h6-14H,5H2,1-4H3,(H,26,27,28)/b15-12+. The molecule has 0 aliphatic rings. The molecule has 0 saturated carbocycles. The number of anilines is 1. The van der Waals surface area contributed by atoms with Gasteiger partial charge in [0, 0.05) is 39.7 Å². The topological polar surface area (TPSA) is 73.6 Å². The number of hydrogen-bond acceptors (Lipinski definition) is 6. The van der Waals surface area contributed by atoms with E-state index in [1.165, 1.54) is 11.3 Å². The van der Waals surface area contributed by atoms with Gasteiger partial charge in [-0.1, -0.05) is 12.1 Å². The van der Waals surface area contributed by atoms with Crippen molar-refractivity contribution in [3.05, 3.63) is 65.4 Å². The Bertz CT molecular complexity index is 1270. The lowest BCUT2D eigenvalue weighted by Gasteiger charge is -2.13. The van der Waals surface area contributed by atoms with Gasteiger partial charge in [-0.25, -0.2) is 4.98 Å². The lowest BCUT2D eigenvalue weighted by molar-refractivity contribution is -0.111. The number of furan rings is 1. The molecule has 0 spiro atoms. The first kappa shape index (κ1) is 21.6. The number of aryl methyl sites for hydroxylation is 1. The van der Waals surface area contributed by atoms with Crippen molar-refractivity contribution in [3.63, 3.8) is 0 Å². The summed E-state index contributed by atoms with van der Waals surface area (Å²) >= 11 is 1.37. The highest BCUT2D eigenvalue weighted by Gasteiger charge is 2.19. The number of methoxy groups -OCH3 is 1. The first-order valence-corrected chi connectivity index (χ1v) is 11.1. The lowest BCUT2D eigenvalue weighted by atomic mass is 9.96. The number of rotatable bonds is 7. The van der Waals surface area contributed by atoms with Crippen molar-refractivity contribution in [1.82, 2.24) is 4.98 Å². The van der Waals surface area contributed by atoms with Crippen LogP contribution in [0.15, 0.2) is 58.7 Å². The van der Waals surface area contributed by atoms with Crippen molar-refractivity contribution in [2.24, 2.45) is 0 Å². The Morgan fingerprint density at radius 1 is 1.28 bits per heavy atom. The maximum atomic E-state index is 12.5. The second-order valence-corrected chi connectivity index (χ2v) is 8.11. The number of thiazole rings is 1. The van der Waals surface area contributed by atoms with Crippen molar-refractivity contribution in [2.45, 2.75) is 20.8 Å². The predicted octanol–water partition coefficient (Wildman–Crippen LogP) is 6.31. The van der Waals surface area contributed by atoms with E-state index in [1.54, 1.807) is 25.6 Å². The average Bonchev–Trinajstić information content (AvgIpc) is 3.44. The number of nitrogens with one attached hydrogen (secondary N) is 1. The summed E-state index contributed by atoms with van der Waals surface area (Å²) in [6.45, 7) is 6.43. The van der Waals surface area contributed by atoms with Crippen LogP contribution >= 0.6 is 11.3 Å². The molecule has 2 aromatic heterocycles. The number of fused-ring (bicyclic) bond motifs is 1. The molecule has 0 unspecified atom stereocenters. The van der Waals surface area contributed by atoms with Gasteiger partial charge >= 0.3 is 0 Å². The zero-order chi connectivity index (χ0) is 22.7. The fourth-order valence-corrected chi connectivity index (χ4v) is 4.23. The molecule has 32 heavy (non-hydrogen) atoms. The lowest BCUT2D eigenvalue weighted by Crippen LogP contribution is -2.08. The van der Waals surface area contributed by atoms with Gasteiger partial charge in [-0.3, -0.25) is 10.1 Å². The summed E-state index contributed by atoms with van der Waals surface area (Å²) in [6.07, 6.45) is 4.96. The van der Waals surface area contributed by atoms with Crippen LogP contribution in [0.2, 0.25) is 0 Å². The van der Waals surface area contributed by atoms with Gasteiger partial charge in [0.05, 0.1) is 20.0 Å². The van der Waals surface area contributed by atoms with Crippen LogP contribution in [0, 0.1) is 6.92 Å². The highest BCUT2D eigenvalue weighted by atomic mass is 32.1. The highest BCUT2D eigenvalue weighted by Crippen LogP contribution is 2.40. The van der Waals surface area contributed by atoms with E-state index in [0.29, 0.717) is 17.5 Å². The third kappa shape index (κ3) is 4.24. The predicted molar refractivity (Wildman–Crippen MR) is 129 cm³/mol. The molecule has 0 aliphatic heterocycles. The number of aromatic nitrogens is 1. The van der Waals surface area contributed by atoms with Gasteiger partial charge < -0.3 is 13.9 Å². The van der Waals surface area contributed by atoms with E-state index in [0.717, 1.165) is 44.5 Å². The molecule has 0 aliphatic carbocycles. The molecule has 4 rings (SSSR count). The number of nitrogens with zero attached hydrogens (tertiary/aromatic N) is 1. The molecule has 6 nitrogen and oxygen atoms in total. The minimum absolute atomic E-state index is 0.240. The number of hydrogen-bond donors (Lipinski definition) is 1. The third-order valence-corrected chi connectivity index (χ3v) is 5.85. The summed E-state index contributed by atoms with van der Waals surface area (Å²) in [7, 11) is 1.62. The van der Waals surface area contributed by atoms with Gasteiger partial charge in [-0.15, -0.1) is 11.3 Å². The van der Waals surface area contributed by atoms with E-state index >= 15 is 0 Å². The van der Waals surface area contributed by atoms with Crippen LogP contribution in [0.25, 0.3) is 27.7 Å². The Balaban J connectivity index is 1.76. The molecule has 7 heteroatoms. The molecule has 1 amide bonds. The first-order valence-electron chi connectivity index (χ1n) is 10.2. The van der Waals surface area contributed by atoms with Crippen molar-refractivity contribution in [2.75, 3.05) is 19.0 Å². The number of allylic oxidation sites excluding steroid dienone is 1. The fourth-order valence-electron chi connectivity index (χ4n) is 3.69. The Kier molecular flexibility index (Phi) is 6.28. The molecular weight excluding hydrogens is 424 g/mol. The second kappa shape index (κ2) is 9.28. The van der Waals surface area contributed by atoms with E-state index in [9.17, 15) is 4.79 Å². The Hall–Kier alpha value is -3.58. The molecule has 0 saturated heterocycles. The van der Waals surface area contributed by atoms with Crippen LogP contribution in [0.5, 0.6) is 11.5 Å². The van der Waals surface area contributed by atoms with Gasteiger partial charge in [0.1, 0.15) is 17.1 Å². The van der Waals surface area contributed by atoms with Crippen LogP contribution in [0.3, 0.4) is 0 Å². The van der Waals surface area contributed by atoms with Gasteiger partial charge in [0.2, 0.25) is 5.91 Å². The summed E-state index contributed by atoms with van der Waals surface area (Å²) in [5.41, 5.74) is 5.24. The van der Waals surface area contributed by atoms with Gasteiger partial charge in [0.15, 0.2) is 5.13 Å². The number of carbonyl (C=O) groups excluding carboxylic acids is 1. The fraction of sp³-hybridized carbons (Fsp3) is 0.200. The average molecular weight is 449 g/mol. The number of carbonyl (C=O) groups is 1. The molecule has 4 aromatic rings. The van der Waals surface area contributed by atoms with E-state index in [1.807, 2.05) is 56.5 Å². The molecule has 1 N–H and O–H groups in total. The summed E-state index contributed by atoms with van der Waals surface area (Å²) in [6, 6.07) is 9.93. The normalized spacial score (nSPS) is 11.6. The van der Waals surface area contributed by atoms with Crippen LogP contribution < -0.4 is 14.8 Å². The maximum absolute atomic E-state index is 12.5. The molecule has 0 atom stereocenters. The van der Waals surface area contributed by atoms with Crippen LogP contribution in [0.1, 0.15) is 25.0 Å². The van der Waals surface area contributed by atoms with Crippen LogP contribution in [0.4, 0.5) is 5.13 Å². The highest BCUT2D eigenvalue weighted by molar-refractivity contribution is 7.13. The summed E-state index contributed by atoms with van der Waals surface area (Å²) in [5.74, 6) is 1.27. The Labute approximate surface area is 190 Å². The SMILES string of the molecule is CCOc1ccc(-c2coc3c(C)c(OC)c(/C(C)=C/C(=O)Nc4nccs4)cc23)cc1. The minimum atomic E-state index is -0.240. The number of benzene rings is 2. The van der Waals surface area contributed by atoms with Crippen molar-refractivity contribution < 1.29 is 18.7 Å². The molecule has 2 aromatic carbocycles. The summed E-state index contributed by atoms with van der Waals surface area (Å²) < 4.78 is 17.2. The smallest absolute Gasteiger partial charge is 0.250 e. The van der Waals surface area contributed by atoms with Gasteiger partial charge in [-0.2, -0.15) is 0 Å². The molecular formula is C25H24N2O4S. The number of amides is 1. The van der Waals surface area contributed by atoms with Crippen molar-refractivity contribution >= 4 is 38.9 Å². The minimum Gasteiger partial charge on any atom is -0.496 e. The zero-order valence-corrected chi connectivity index (χ0v) is 19.2. The van der Waals surface area contributed by atoms with E-state index in [4.69, 9.17) is 13.9 Å². The monoisotopic (exact) mass is 448 g/mol. The largest absolute Gasteiger partial charge is 0.496 e. The summed E-state index contributed by atoms with van der Waals surface area (Å²) in [5, 5.41) is 6.11. The molecule has 0 fully saturated rings. The van der Waals surface area contributed by atoms with Crippen LogP contribution in [-0.2, 0) is 4.79 Å². The van der Waals surface area contributed by atoms with Crippen molar-refractivity contribution in [1.29, 1.82) is 0 Å². The zero-order valence-electron chi connectivity index (χ0n) is 18.4. The van der Waals surface area contributed by atoms with E-state index < -0.39 is 0 Å². The Morgan fingerprint density at radius 2 is 2.06 bits per heavy atom. The second-order valence-electron chi connectivity index (χ2n) is 7.22. The van der Waals surface area contributed by atoms with Crippen molar-refractivity contribution in [3.8, 4) is 22.6 Å². The van der Waals surface area contributed by atoms with Gasteiger partial charge in [-0.05, 0) is 50.1 Å². The third-order valence-electron chi connectivity index (χ3n) is 5.16. The number of ether oxygens (including phenoxy) is 2. The molecule has 0 radical (unpaired) electrons. The molecule has 2 heterocycles. The van der Waals surface area contributed by atoms with E-state index in [2.05, 4.69) is 10.3 Å². The van der Waals surface area contributed by atoms with Gasteiger partial charge in [0.25, 0.3) is 0 Å². The molecule has 164 valence electrons. The van der Waals surface area contributed by atoms with Crippen LogP contribution in [-0.4, -0.2) is 24.6 Å². The molecule has 0 bridgehead atoms.